The maximum atomic E-state index is 14.7. The molecule has 0 radical (unpaired) electrons. The molecule has 232 valence electrons. The summed E-state index contributed by atoms with van der Waals surface area (Å²) in [5.41, 5.74) is 2.21. The van der Waals surface area contributed by atoms with E-state index in [1.165, 1.54) is 51.0 Å². The molecule has 0 amide bonds. The third-order valence-electron chi connectivity index (χ3n) is 7.46. The van der Waals surface area contributed by atoms with Gasteiger partial charge in [0.05, 0.1) is 23.8 Å². The van der Waals surface area contributed by atoms with Gasteiger partial charge in [-0.2, -0.15) is 0 Å². The van der Waals surface area contributed by atoms with Crippen molar-refractivity contribution in [1.82, 2.24) is 0 Å². The maximum Gasteiger partial charge on any atom is 0.343 e. The van der Waals surface area contributed by atoms with E-state index < -0.39 is 17.8 Å². The predicted octanol–water partition coefficient (Wildman–Crippen LogP) is 10.4. The lowest BCUT2D eigenvalue weighted by Crippen LogP contribution is -2.15. The van der Waals surface area contributed by atoms with Crippen molar-refractivity contribution in [2.24, 2.45) is 0 Å². The predicted molar refractivity (Wildman–Crippen MR) is 170 cm³/mol. The van der Waals surface area contributed by atoms with E-state index in [4.69, 9.17) is 14.2 Å². The Morgan fingerprint density at radius 1 is 0.674 bits per heavy atom. The molecule has 3 aromatic rings. The number of esters is 2. The lowest BCUT2D eigenvalue weighted by atomic mass is 10.1. The number of carbonyl (C=O) groups is 2. The fourth-order valence-corrected chi connectivity index (χ4v) is 4.83. The zero-order chi connectivity index (χ0) is 30.9. The minimum absolute atomic E-state index is 0.153. The summed E-state index contributed by atoms with van der Waals surface area (Å²) in [7, 11) is 0. The molecule has 0 N–H and O–H groups in total. The Bertz CT molecular complexity index is 1250. The molecule has 0 aromatic heterocycles. The van der Waals surface area contributed by atoms with Gasteiger partial charge >= 0.3 is 11.9 Å². The van der Waals surface area contributed by atoms with Crippen LogP contribution in [-0.2, 0) is 4.74 Å². The van der Waals surface area contributed by atoms with Crippen molar-refractivity contribution in [1.29, 1.82) is 0 Å². The van der Waals surface area contributed by atoms with Crippen LogP contribution in [0.2, 0.25) is 0 Å². The van der Waals surface area contributed by atoms with Gasteiger partial charge in [0, 0.05) is 0 Å². The van der Waals surface area contributed by atoms with Crippen molar-refractivity contribution in [2.45, 2.75) is 104 Å². The zero-order valence-electron chi connectivity index (χ0n) is 26.0. The Morgan fingerprint density at radius 2 is 1.23 bits per heavy atom. The van der Waals surface area contributed by atoms with Crippen LogP contribution in [0.1, 0.15) is 119 Å². The van der Waals surface area contributed by atoms with Gasteiger partial charge in [-0.25, -0.2) is 14.0 Å². The van der Waals surface area contributed by atoms with Gasteiger partial charge < -0.3 is 14.2 Å². The van der Waals surface area contributed by atoms with Crippen LogP contribution >= 0.6 is 0 Å². The van der Waals surface area contributed by atoms with E-state index >= 15 is 0 Å². The van der Waals surface area contributed by atoms with Crippen LogP contribution in [0.25, 0.3) is 11.1 Å². The minimum atomic E-state index is -0.537. The van der Waals surface area contributed by atoms with Gasteiger partial charge in [-0.05, 0) is 85.8 Å². The fraction of sp³-hybridized carbons (Fsp3) is 0.459. The van der Waals surface area contributed by atoms with Crippen molar-refractivity contribution in [3.8, 4) is 22.6 Å². The molecule has 0 saturated carbocycles. The highest BCUT2D eigenvalue weighted by Crippen LogP contribution is 2.28. The van der Waals surface area contributed by atoms with Crippen LogP contribution in [0.4, 0.5) is 4.39 Å². The van der Waals surface area contributed by atoms with Crippen LogP contribution in [0.5, 0.6) is 11.5 Å². The summed E-state index contributed by atoms with van der Waals surface area (Å²) in [6, 6.07) is 18.1. The first-order valence-electron chi connectivity index (χ1n) is 16.0. The molecule has 0 aliphatic carbocycles. The van der Waals surface area contributed by atoms with Gasteiger partial charge in [0.1, 0.15) is 5.75 Å². The highest BCUT2D eigenvalue weighted by atomic mass is 19.1. The monoisotopic (exact) mass is 590 g/mol. The third kappa shape index (κ3) is 11.9. The van der Waals surface area contributed by atoms with Crippen molar-refractivity contribution in [3.63, 3.8) is 0 Å². The number of benzene rings is 3. The molecule has 0 saturated heterocycles. The molecule has 0 bridgehead atoms. The van der Waals surface area contributed by atoms with Gasteiger partial charge in [0.25, 0.3) is 0 Å². The van der Waals surface area contributed by atoms with Crippen molar-refractivity contribution >= 4 is 11.9 Å². The number of ether oxygens (including phenoxy) is 3. The van der Waals surface area contributed by atoms with E-state index in [0.717, 1.165) is 37.7 Å². The molecule has 1 unspecified atom stereocenters. The van der Waals surface area contributed by atoms with Gasteiger partial charge in [-0.1, -0.05) is 89.8 Å². The van der Waals surface area contributed by atoms with E-state index in [-0.39, 0.29) is 11.9 Å². The number of hydrogen-bond donors (Lipinski definition) is 0. The first-order valence-corrected chi connectivity index (χ1v) is 16.0. The molecule has 0 aliphatic rings. The van der Waals surface area contributed by atoms with Crippen molar-refractivity contribution in [3.05, 3.63) is 83.7 Å². The fourth-order valence-electron chi connectivity index (χ4n) is 4.83. The van der Waals surface area contributed by atoms with E-state index in [1.54, 1.807) is 54.6 Å². The summed E-state index contributed by atoms with van der Waals surface area (Å²) in [6.07, 6.45) is 13.5. The topological polar surface area (TPSA) is 61.8 Å². The summed E-state index contributed by atoms with van der Waals surface area (Å²) >= 11 is 0. The van der Waals surface area contributed by atoms with Crippen molar-refractivity contribution in [2.75, 3.05) is 6.61 Å². The minimum Gasteiger partial charge on any atom is -0.491 e. The summed E-state index contributed by atoms with van der Waals surface area (Å²) in [4.78, 5) is 25.1. The van der Waals surface area contributed by atoms with Gasteiger partial charge in [-0.3, -0.25) is 0 Å². The number of carbonyl (C=O) groups excluding carboxylic acids is 2. The Morgan fingerprint density at radius 3 is 1.86 bits per heavy atom. The lowest BCUT2D eigenvalue weighted by Gasteiger charge is -2.13. The largest absolute Gasteiger partial charge is 0.491 e. The highest BCUT2D eigenvalue weighted by Gasteiger charge is 2.15. The van der Waals surface area contributed by atoms with E-state index in [2.05, 4.69) is 13.8 Å². The SMILES string of the molecule is CCCCCCCCCOc1ccc(-c2ccc(OC(=O)c3ccc(C(=O)OC(C)CCCCCC)cc3)cc2)cc1F. The molecular formula is C37H47FO5. The number of halogens is 1. The first kappa shape index (κ1) is 33.8. The molecule has 0 aliphatic heterocycles. The second-order valence-corrected chi connectivity index (χ2v) is 11.2. The Hall–Kier alpha value is -3.67. The summed E-state index contributed by atoms with van der Waals surface area (Å²) in [5, 5.41) is 0. The second-order valence-electron chi connectivity index (χ2n) is 11.2. The van der Waals surface area contributed by atoms with E-state index in [0.29, 0.717) is 29.0 Å². The molecule has 1 atom stereocenters. The zero-order valence-corrected chi connectivity index (χ0v) is 26.0. The number of unbranched alkanes of at least 4 members (excludes halogenated alkanes) is 9. The smallest absolute Gasteiger partial charge is 0.343 e. The normalized spacial score (nSPS) is 11.6. The Labute approximate surface area is 256 Å². The van der Waals surface area contributed by atoms with E-state index in [9.17, 15) is 14.0 Å². The molecule has 5 nitrogen and oxygen atoms in total. The summed E-state index contributed by atoms with van der Waals surface area (Å²) < 4.78 is 31.4. The van der Waals surface area contributed by atoms with Crippen LogP contribution in [0.3, 0.4) is 0 Å². The van der Waals surface area contributed by atoms with Crippen LogP contribution in [-0.4, -0.2) is 24.6 Å². The number of rotatable bonds is 19. The summed E-state index contributed by atoms with van der Waals surface area (Å²) in [5.74, 6) is -0.710. The molecule has 43 heavy (non-hydrogen) atoms. The molecule has 0 spiro atoms. The second kappa shape index (κ2) is 18.8. The van der Waals surface area contributed by atoms with Crippen LogP contribution in [0, 0.1) is 5.82 Å². The van der Waals surface area contributed by atoms with Gasteiger partial charge in [0.15, 0.2) is 11.6 Å². The van der Waals surface area contributed by atoms with Crippen molar-refractivity contribution < 1.29 is 28.2 Å². The van der Waals surface area contributed by atoms with Crippen LogP contribution < -0.4 is 9.47 Å². The molecule has 0 fully saturated rings. The number of hydrogen-bond acceptors (Lipinski definition) is 5. The average Bonchev–Trinajstić information content (AvgIpc) is 3.01. The summed E-state index contributed by atoms with van der Waals surface area (Å²) in [6.45, 7) is 6.79. The maximum absolute atomic E-state index is 14.7. The first-order chi connectivity index (χ1) is 20.9. The van der Waals surface area contributed by atoms with Gasteiger partial charge in [-0.15, -0.1) is 0 Å². The standard InChI is InChI=1S/C37H47FO5/c1-4-6-8-10-11-12-14-26-41-35-25-22-32(27-34(35)38)29-20-23-33(24-21-29)43-37(40)31-18-16-30(17-19-31)36(39)42-28(3)15-13-9-7-5-2/h16-25,27-28H,4-15,26H2,1-3H3. The molecule has 3 aromatic carbocycles. The van der Waals surface area contributed by atoms with E-state index in [1.807, 2.05) is 13.0 Å². The Kier molecular flexibility index (Phi) is 14.8. The lowest BCUT2D eigenvalue weighted by molar-refractivity contribution is 0.0319. The highest BCUT2D eigenvalue weighted by molar-refractivity contribution is 5.94. The average molecular weight is 591 g/mol. The molecule has 0 heterocycles. The quantitative estimate of drug-likeness (QED) is 0.0789. The molecular weight excluding hydrogens is 543 g/mol. The van der Waals surface area contributed by atoms with Gasteiger partial charge in [0.2, 0.25) is 0 Å². The molecule has 6 heteroatoms. The van der Waals surface area contributed by atoms with Crippen LogP contribution in [0.15, 0.2) is 66.7 Å². The Balaban J connectivity index is 1.46. The molecule has 3 rings (SSSR count). The third-order valence-corrected chi connectivity index (χ3v) is 7.46.